The highest BCUT2D eigenvalue weighted by Gasteiger charge is 2.23. The topological polar surface area (TPSA) is 54.4 Å². The Morgan fingerprint density at radius 1 is 0.667 bits per heavy atom. The first-order chi connectivity index (χ1) is 16.1. The average molecular weight is 459 g/mol. The Balaban J connectivity index is 1.99. The lowest BCUT2D eigenvalue weighted by atomic mass is 9.88. The highest BCUT2D eigenvalue weighted by atomic mass is 16.4. The SMILES string of the molecule is CCCCCCCCCCCCCCCCCCCCC(C(=O)O)c1ccccc1C(C)=O. The molecule has 1 aromatic rings. The van der Waals surface area contributed by atoms with E-state index in [9.17, 15) is 14.7 Å². The van der Waals surface area contributed by atoms with Gasteiger partial charge in [0.15, 0.2) is 5.78 Å². The van der Waals surface area contributed by atoms with E-state index in [1.54, 1.807) is 18.2 Å². The molecule has 0 aliphatic carbocycles. The Kier molecular flexibility index (Phi) is 17.6. The van der Waals surface area contributed by atoms with E-state index in [-0.39, 0.29) is 5.78 Å². The molecule has 0 saturated carbocycles. The Labute approximate surface area is 203 Å². The van der Waals surface area contributed by atoms with Crippen LogP contribution in [0.3, 0.4) is 0 Å². The zero-order valence-electron chi connectivity index (χ0n) is 21.6. The molecular weight excluding hydrogens is 408 g/mol. The molecule has 1 atom stereocenters. The summed E-state index contributed by atoms with van der Waals surface area (Å²) in [4.78, 5) is 23.6. The van der Waals surface area contributed by atoms with Gasteiger partial charge in [-0.05, 0) is 18.9 Å². The van der Waals surface area contributed by atoms with Gasteiger partial charge in [0.25, 0.3) is 0 Å². The van der Waals surface area contributed by atoms with Gasteiger partial charge >= 0.3 is 5.97 Å². The molecule has 3 nitrogen and oxygen atoms in total. The lowest BCUT2D eigenvalue weighted by Crippen LogP contribution is -2.15. The number of benzene rings is 1. The average Bonchev–Trinajstić information content (AvgIpc) is 2.80. The van der Waals surface area contributed by atoms with E-state index in [4.69, 9.17) is 0 Å². The van der Waals surface area contributed by atoms with Crippen molar-refractivity contribution in [1.29, 1.82) is 0 Å². The number of carbonyl (C=O) groups excluding carboxylic acids is 1. The number of carboxylic acid groups (broad SMARTS) is 1. The smallest absolute Gasteiger partial charge is 0.310 e. The Hall–Kier alpha value is -1.64. The minimum absolute atomic E-state index is 0.0605. The number of Topliss-reactive ketones (excluding diaryl/α,β-unsaturated/α-hetero) is 1. The number of hydrogen-bond acceptors (Lipinski definition) is 2. The zero-order chi connectivity index (χ0) is 24.2. The van der Waals surface area contributed by atoms with Gasteiger partial charge in [-0.1, -0.05) is 147 Å². The maximum Gasteiger partial charge on any atom is 0.310 e. The van der Waals surface area contributed by atoms with Crippen LogP contribution in [0.25, 0.3) is 0 Å². The zero-order valence-corrected chi connectivity index (χ0v) is 21.6. The fourth-order valence-electron chi connectivity index (χ4n) is 4.78. The fourth-order valence-corrected chi connectivity index (χ4v) is 4.78. The fraction of sp³-hybridized carbons (Fsp3) is 0.733. The van der Waals surface area contributed by atoms with Gasteiger partial charge in [0, 0.05) is 5.56 Å². The lowest BCUT2D eigenvalue weighted by molar-refractivity contribution is -0.139. The molecular formula is C30H50O3. The molecule has 0 aromatic heterocycles. The predicted molar refractivity (Wildman–Crippen MR) is 140 cm³/mol. The Morgan fingerprint density at radius 3 is 1.45 bits per heavy atom. The van der Waals surface area contributed by atoms with Crippen LogP contribution >= 0.6 is 0 Å². The van der Waals surface area contributed by atoms with Crippen molar-refractivity contribution in [1.82, 2.24) is 0 Å². The van der Waals surface area contributed by atoms with E-state index in [0.29, 0.717) is 17.5 Å². The van der Waals surface area contributed by atoms with Crippen molar-refractivity contribution in [3.63, 3.8) is 0 Å². The van der Waals surface area contributed by atoms with E-state index in [1.807, 2.05) is 6.07 Å². The number of unbranched alkanes of at least 4 members (excludes halogenated alkanes) is 17. The van der Waals surface area contributed by atoms with Crippen LogP contribution in [-0.4, -0.2) is 16.9 Å². The highest BCUT2D eigenvalue weighted by molar-refractivity contribution is 5.97. The standard InChI is InChI=1S/C30H50O3/c1-3-4-5-6-7-8-9-10-11-12-13-14-15-16-17-18-19-20-25-29(30(32)33)28-24-22-21-23-27(28)26(2)31/h21-24,29H,3-20,25H2,1-2H3,(H,32,33). The van der Waals surface area contributed by atoms with Gasteiger partial charge in [-0.25, -0.2) is 0 Å². The first kappa shape index (κ1) is 29.4. The van der Waals surface area contributed by atoms with E-state index in [0.717, 1.165) is 12.8 Å². The second-order valence-corrected chi connectivity index (χ2v) is 9.83. The maximum absolute atomic E-state index is 11.8. The van der Waals surface area contributed by atoms with E-state index >= 15 is 0 Å². The molecule has 1 aromatic carbocycles. The molecule has 33 heavy (non-hydrogen) atoms. The van der Waals surface area contributed by atoms with Gasteiger partial charge in [-0.15, -0.1) is 0 Å². The number of carbonyl (C=O) groups is 2. The predicted octanol–water partition coefficient (Wildman–Crippen LogP) is 9.49. The first-order valence-corrected chi connectivity index (χ1v) is 13.9. The molecule has 0 spiro atoms. The van der Waals surface area contributed by atoms with Crippen molar-refractivity contribution < 1.29 is 14.7 Å². The molecule has 1 N–H and O–H groups in total. The van der Waals surface area contributed by atoms with Crippen LogP contribution in [0.2, 0.25) is 0 Å². The first-order valence-electron chi connectivity index (χ1n) is 13.9. The van der Waals surface area contributed by atoms with Gasteiger partial charge < -0.3 is 5.11 Å². The number of rotatable bonds is 22. The van der Waals surface area contributed by atoms with Crippen molar-refractivity contribution >= 4 is 11.8 Å². The number of aliphatic carboxylic acids is 1. The highest BCUT2D eigenvalue weighted by Crippen LogP contribution is 2.27. The Morgan fingerprint density at radius 2 is 1.06 bits per heavy atom. The van der Waals surface area contributed by atoms with Crippen molar-refractivity contribution in [2.75, 3.05) is 0 Å². The lowest BCUT2D eigenvalue weighted by Gasteiger charge is -2.15. The third-order valence-electron chi connectivity index (χ3n) is 6.86. The molecule has 0 aliphatic rings. The van der Waals surface area contributed by atoms with Gasteiger partial charge in [-0.2, -0.15) is 0 Å². The molecule has 0 saturated heterocycles. The van der Waals surface area contributed by atoms with Crippen molar-refractivity contribution in [2.24, 2.45) is 0 Å². The van der Waals surface area contributed by atoms with Gasteiger partial charge in [0.05, 0.1) is 5.92 Å². The summed E-state index contributed by atoms with van der Waals surface area (Å²) in [6.45, 7) is 3.79. The monoisotopic (exact) mass is 458 g/mol. The van der Waals surface area contributed by atoms with Crippen molar-refractivity contribution in [3.8, 4) is 0 Å². The number of ketones is 1. The van der Waals surface area contributed by atoms with Crippen LogP contribution in [0.15, 0.2) is 24.3 Å². The third kappa shape index (κ3) is 14.3. The van der Waals surface area contributed by atoms with Crippen molar-refractivity contribution in [2.45, 2.75) is 142 Å². The van der Waals surface area contributed by atoms with E-state index in [2.05, 4.69) is 6.92 Å². The largest absolute Gasteiger partial charge is 0.481 e. The minimum Gasteiger partial charge on any atom is -0.481 e. The summed E-state index contributed by atoms with van der Waals surface area (Å²) in [5.41, 5.74) is 1.22. The molecule has 0 aliphatic heterocycles. The second kappa shape index (κ2) is 19.8. The third-order valence-corrected chi connectivity index (χ3v) is 6.86. The molecule has 3 heteroatoms. The van der Waals surface area contributed by atoms with Crippen molar-refractivity contribution in [3.05, 3.63) is 35.4 Å². The minimum atomic E-state index is -0.823. The van der Waals surface area contributed by atoms with Gasteiger partial charge in [0.1, 0.15) is 0 Å². The summed E-state index contributed by atoms with van der Waals surface area (Å²) in [7, 11) is 0. The molecule has 1 unspecified atom stereocenters. The molecule has 0 amide bonds. The van der Waals surface area contributed by atoms with Crippen LogP contribution < -0.4 is 0 Å². The quantitative estimate of drug-likeness (QED) is 0.139. The molecule has 0 heterocycles. The van der Waals surface area contributed by atoms with Crippen LogP contribution in [0.4, 0.5) is 0 Å². The van der Waals surface area contributed by atoms with Gasteiger partial charge in [-0.3, -0.25) is 9.59 Å². The summed E-state index contributed by atoms with van der Waals surface area (Å²) in [6, 6.07) is 7.16. The van der Waals surface area contributed by atoms with Crippen LogP contribution in [0, 0.1) is 0 Å². The number of hydrogen-bond donors (Lipinski definition) is 1. The molecule has 188 valence electrons. The molecule has 0 bridgehead atoms. The normalized spacial score (nSPS) is 12.1. The molecule has 0 radical (unpaired) electrons. The maximum atomic E-state index is 11.8. The second-order valence-electron chi connectivity index (χ2n) is 9.83. The van der Waals surface area contributed by atoms with E-state index in [1.165, 1.54) is 110 Å². The summed E-state index contributed by atoms with van der Waals surface area (Å²) < 4.78 is 0. The summed E-state index contributed by atoms with van der Waals surface area (Å²) >= 11 is 0. The van der Waals surface area contributed by atoms with Gasteiger partial charge in [0.2, 0.25) is 0 Å². The molecule has 1 rings (SSSR count). The van der Waals surface area contributed by atoms with Crippen LogP contribution in [0.1, 0.15) is 158 Å². The van der Waals surface area contributed by atoms with Crippen LogP contribution in [0.5, 0.6) is 0 Å². The Bertz CT molecular complexity index is 637. The van der Waals surface area contributed by atoms with Crippen LogP contribution in [-0.2, 0) is 4.79 Å². The van der Waals surface area contributed by atoms with E-state index < -0.39 is 11.9 Å². The molecule has 0 fully saturated rings. The number of carboxylic acids is 1. The summed E-state index contributed by atoms with van der Waals surface area (Å²) in [5, 5.41) is 9.67. The summed E-state index contributed by atoms with van der Waals surface area (Å²) in [5.74, 6) is -1.46. The summed E-state index contributed by atoms with van der Waals surface area (Å²) in [6.07, 6.45) is 24.5.